The summed E-state index contributed by atoms with van der Waals surface area (Å²) < 4.78 is 42.3. The molecule has 4 aromatic rings. The predicted molar refractivity (Wildman–Crippen MR) is 124 cm³/mol. The Morgan fingerprint density at radius 1 is 1.21 bits per heavy atom. The van der Waals surface area contributed by atoms with Gasteiger partial charge < -0.3 is 11.1 Å². The van der Waals surface area contributed by atoms with E-state index in [2.05, 4.69) is 15.3 Å². The third-order valence-corrected chi connectivity index (χ3v) is 5.60. The van der Waals surface area contributed by atoms with Crippen molar-refractivity contribution in [3.63, 3.8) is 0 Å². The average Bonchev–Trinajstić information content (AvgIpc) is 3.39. The maximum atomic E-state index is 13.5. The second-order valence-electron chi connectivity index (χ2n) is 6.97. The van der Waals surface area contributed by atoms with Crippen molar-refractivity contribution in [2.24, 2.45) is 10.7 Å². The van der Waals surface area contributed by atoms with Gasteiger partial charge in [-0.05, 0) is 24.3 Å². The smallest absolute Gasteiger partial charge is 0.398 e. The Balaban J connectivity index is 1.76. The zero-order valence-corrected chi connectivity index (χ0v) is 18.1. The minimum atomic E-state index is -4.64. The number of aliphatic imine (C=N–C) groups is 1. The van der Waals surface area contributed by atoms with Crippen molar-refractivity contribution in [1.29, 1.82) is 0 Å². The number of nitrogens with one attached hydrogen (secondary N) is 1. The number of nitrogens with zero attached hydrogens (tertiary/aromatic N) is 3. The van der Waals surface area contributed by atoms with Gasteiger partial charge in [0.05, 0.1) is 5.56 Å². The molecule has 2 heterocycles. The van der Waals surface area contributed by atoms with Crippen LogP contribution >= 0.6 is 11.3 Å². The average molecular weight is 469 g/mol. The van der Waals surface area contributed by atoms with Gasteiger partial charge in [-0.2, -0.15) is 13.2 Å². The van der Waals surface area contributed by atoms with Crippen LogP contribution in [0, 0.1) is 0 Å². The number of hydrogen-bond donors (Lipinski definition) is 2. The van der Waals surface area contributed by atoms with E-state index in [4.69, 9.17) is 5.73 Å². The molecule has 1 amide bonds. The fourth-order valence-electron chi connectivity index (χ4n) is 3.30. The van der Waals surface area contributed by atoms with Crippen LogP contribution in [0.5, 0.6) is 0 Å². The molecule has 168 valence electrons. The van der Waals surface area contributed by atoms with E-state index in [-0.39, 0.29) is 16.8 Å². The lowest BCUT2D eigenvalue weighted by molar-refractivity contribution is -0.137. The molecule has 0 saturated heterocycles. The highest BCUT2D eigenvalue weighted by Crippen LogP contribution is 2.35. The molecule has 33 heavy (non-hydrogen) atoms. The van der Waals surface area contributed by atoms with Crippen LogP contribution in [0.2, 0.25) is 0 Å². The Labute approximate surface area is 190 Å². The molecule has 0 radical (unpaired) electrons. The van der Waals surface area contributed by atoms with E-state index in [1.807, 2.05) is 35.7 Å². The number of benzene rings is 2. The highest BCUT2D eigenvalue weighted by Gasteiger charge is 2.34. The molecule has 0 unspecified atom stereocenters. The third-order valence-electron chi connectivity index (χ3n) is 4.84. The number of anilines is 1. The van der Waals surface area contributed by atoms with Gasteiger partial charge in [0.15, 0.2) is 4.96 Å². The number of carbonyl (C=O) groups is 1. The number of hydrogen-bond acceptors (Lipinski definition) is 5. The zero-order chi connectivity index (χ0) is 23.6. The summed E-state index contributed by atoms with van der Waals surface area (Å²) in [6.45, 7) is 0. The van der Waals surface area contributed by atoms with Crippen molar-refractivity contribution < 1.29 is 18.0 Å². The Hall–Kier alpha value is -3.92. The molecule has 0 aliphatic rings. The van der Waals surface area contributed by atoms with Crippen molar-refractivity contribution in [3.8, 4) is 11.3 Å². The molecule has 0 aliphatic carbocycles. The van der Waals surface area contributed by atoms with Crippen molar-refractivity contribution in [2.75, 3.05) is 12.4 Å². The first-order valence-corrected chi connectivity index (χ1v) is 10.6. The number of imidazole rings is 1. The fraction of sp³-hybridized carbons (Fsp3) is 0.0870. The fourth-order valence-corrected chi connectivity index (χ4v) is 4.01. The van der Waals surface area contributed by atoms with Crippen LogP contribution in [-0.4, -0.2) is 28.6 Å². The third kappa shape index (κ3) is 4.51. The molecular formula is C23H18F3N5OS. The SMILES string of the molecule is CN=CC=C(N)c1cc(C(=O)Nc2c(-c3ccccc3)nc3sccn23)ccc1C(F)(F)F. The molecule has 0 atom stereocenters. The van der Waals surface area contributed by atoms with Gasteiger partial charge in [0, 0.05) is 47.2 Å². The van der Waals surface area contributed by atoms with E-state index in [0.29, 0.717) is 16.5 Å². The normalized spacial score (nSPS) is 12.5. The molecule has 0 aliphatic heterocycles. The van der Waals surface area contributed by atoms with Crippen LogP contribution in [0.15, 0.2) is 71.2 Å². The molecule has 0 bridgehead atoms. The van der Waals surface area contributed by atoms with E-state index in [0.717, 1.165) is 23.8 Å². The highest BCUT2D eigenvalue weighted by molar-refractivity contribution is 7.15. The van der Waals surface area contributed by atoms with Crippen LogP contribution in [-0.2, 0) is 6.18 Å². The van der Waals surface area contributed by atoms with Gasteiger partial charge >= 0.3 is 6.18 Å². The van der Waals surface area contributed by atoms with Crippen molar-refractivity contribution in [1.82, 2.24) is 9.38 Å². The van der Waals surface area contributed by atoms with Crippen LogP contribution < -0.4 is 11.1 Å². The molecule has 3 N–H and O–H groups in total. The van der Waals surface area contributed by atoms with E-state index in [1.54, 1.807) is 10.6 Å². The van der Waals surface area contributed by atoms with Crippen LogP contribution in [0.3, 0.4) is 0 Å². The quantitative estimate of drug-likeness (QED) is 0.387. The van der Waals surface area contributed by atoms with Gasteiger partial charge in [-0.3, -0.25) is 14.2 Å². The number of aromatic nitrogens is 2. The van der Waals surface area contributed by atoms with Crippen LogP contribution in [0.25, 0.3) is 21.9 Å². The Morgan fingerprint density at radius 3 is 2.67 bits per heavy atom. The number of amides is 1. The Kier molecular flexibility index (Phi) is 6.01. The first-order chi connectivity index (χ1) is 15.8. The number of allylic oxidation sites excluding steroid dienone is 1. The summed E-state index contributed by atoms with van der Waals surface area (Å²) in [5, 5.41) is 4.63. The summed E-state index contributed by atoms with van der Waals surface area (Å²) >= 11 is 1.40. The topological polar surface area (TPSA) is 84.8 Å². The maximum absolute atomic E-state index is 13.5. The number of fused-ring (bicyclic) bond motifs is 1. The van der Waals surface area contributed by atoms with Crippen molar-refractivity contribution in [2.45, 2.75) is 6.18 Å². The minimum absolute atomic E-state index is 0.0204. The van der Waals surface area contributed by atoms with Crippen molar-refractivity contribution >= 4 is 39.9 Å². The molecule has 6 nitrogen and oxygen atoms in total. The van der Waals surface area contributed by atoms with E-state index >= 15 is 0 Å². The van der Waals surface area contributed by atoms with Gasteiger partial charge in [0.25, 0.3) is 5.91 Å². The monoisotopic (exact) mass is 469 g/mol. The second kappa shape index (κ2) is 8.91. The van der Waals surface area contributed by atoms with Crippen LogP contribution in [0.1, 0.15) is 21.5 Å². The number of thiazole rings is 1. The molecule has 2 aromatic carbocycles. The summed E-state index contributed by atoms with van der Waals surface area (Å²) in [5.74, 6) is -0.169. The molecule has 4 rings (SSSR count). The molecule has 0 spiro atoms. The minimum Gasteiger partial charge on any atom is -0.398 e. The van der Waals surface area contributed by atoms with Gasteiger partial charge in [-0.1, -0.05) is 30.3 Å². The van der Waals surface area contributed by atoms with Gasteiger partial charge in [-0.15, -0.1) is 11.3 Å². The van der Waals surface area contributed by atoms with E-state index in [9.17, 15) is 18.0 Å². The number of alkyl halides is 3. The number of carbonyl (C=O) groups excluding carboxylic acids is 1. The maximum Gasteiger partial charge on any atom is 0.417 e. The van der Waals surface area contributed by atoms with Crippen molar-refractivity contribution in [3.05, 3.63) is 82.9 Å². The number of rotatable bonds is 5. The highest BCUT2D eigenvalue weighted by atomic mass is 32.1. The van der Waals surface area contributed by atoms with Gasteiger partial charge in [0.1, 0.15) is 11.5 Å². The second-order valence-corrected chi connectivity index (χ2v) is 7.85. The number of nitrogens with two attached hydrogens (primary N) is 1. The lowest BCUT2D eigenvalue weighted by Crippen LogP contribution is -2.17. The summed E-state index contributed by atoms with van der Waals surface area (Å²) in [6.07, 6.45) is -0.335. The van der Waals surface area contributed by atoms with Gasteiger partial charge in [-0.25, -0.2) is 4.98 Å². The van der Waals surface area contributed by atoms with Crippen LogP contribution in [0.4, 0.5) is 19.0 Å². The Bertz CT molecular complexity index is 1370. The summed E-state index contributed by atoms with van der Waals surface area (Å²) in [6, 6.07) is 12.4. The summed E-state index contributed by atoms with van der Waals surface area (Å²) in [5.41, 5.74) is 5.85. The first-order valence-electron chi connectivity index (χ1n) is 9.71. The molecule has 2 aromatic heterocycles. The summed E-state index contributed by atoms with van der Waals surface area (Å²) in [4.78, 5) is 22.1. The zero-order valence-electron chi connectivity index (χ0n) is 17.3. The summed E-state index contributed by atoms with van der Waals surface area (Å²) in [7, 11) is 1.47. The van der Waals surface area contributed by atoms with E-state index in [1.165, 1.54) is 30.7 Å². The first kappa shape index (κ1) is 22.3. The van der Waals surface area contributed by atoms with E-state index < -0.39 is 17.6 Å². The Morgan fingerprint density at radius 2 is 1.97 bits per heavy atom. The molecule has 10 heteroatoms. The standard InChI is InChI=1S/C23H18F3N5OS/c1-28-10-9-18(27)16-13-15(7-8-17(16)23(24,25)26)21(32)30-20-19(14-5-3-2-4-6-14)29-22-31(20)11-12-33-22/h2-13H,27H2,1H3,(H,30,32). The molecular weight excluding hydrogens is 451 g/mol. The molecule has 0 saturated carbocycles. The predicted octanol–water partition coefficient (Wildman–Crippen LogP) is 5.33. The lowest BCUT2D eigenvalue weighted by atomic mass is 10.00. The molecule has 0 fully saturated rings. The number of halogens is 3. The lowest BCUT2D eigenvalue weighted by Gasteiger charge is -2.15. The van der Waals surface area contributed by atoms with Gasteiger partial charge in [0.2, 0.25) is 0 Å². The largest absolute Gasteiger partial charge is 0.417 e.